The molecular formula is C32H49N4O6+. The van der Waals surface area contributed by atoms with Gasteiger partial charge >= 0.3 is 5.97 Å². The van der Waals surface area contributed by atoms with Crippen LogP contribution in [0.4, 0.5) is 0 Å². The summed E-state index contributed by atoms with van der Waals surface area (Å²) in [5.41, 5.74) is 2.03. The van der Waals surface area contributed by atoms with E-state index in [0.717, 1.165) is 60.0 Å². The summed E-state index contributed by atoms with van der Waals surface area (Å²) >= 11 is 0. The number of carboxylic acid groups (broad SMARTS) is 1. The number of hydrogen-bond donors (Lipinski definition) is 3. The molecule has 3 heterocycles. The van der Waals surface area contributed by atoms with Crippen LogP contribution in [0.15, 0.2) is 30.3 Å². The minimum Gasteiger partial charge on any atom is -0.494 e. The normalized spacial score (nSPS) is 20.4. The fraction of sp³-hybridized carbons (Fsp3) is 0.625. The van der Waals surface area contributed by atoms with E-state index in [1.54, 1.807) is 0 Å². The Balaban J connectivity index is 1.56. The second-order valence-corrected chi connectivity index (χ2v) is 12.9. The van der Waals surface area contributed by atoms with E-state index in [9.17, 15) is 24.9 Å². The van der Waals surface area contributed by atoms with Gasteiger partial charge in [0.15, 0.2) is 11.8 Å². The van der Waals surface area contributed by atoms with E-state index in [1.807, 2.05) is 21.9 Å². The summed E-state index contributed by atoms with van der Waals surface area (Å²) in [6.45, 7) is 5.99. The second-order valence-electron chi connectivity index (χ2n) is 12.9. The van der Waals surface area contributed by atoms with Crippen LogP contribution in [0.25, 0.3) is 0 Å². The minimum atomic E-state index is -0.902. The number of hydrogen-bond acceptors (Lipinski definition) is 6. The van der Waals surface area contributed by atoms with Crippen molar-refractivity contribution < 1.29 is 34.1 Å². The third kappa shape index (κ3) is 7.77. The highest BCUT2D eigenvalue weighted by molar-refractivity contribution is 5.79. The number of unbranched alkanes of at least 4 members (excludes halogenated alkanes) is 2. The van der Waals surface area contributed by atoms with Crippen LogP contribution >= 0.6 is 0 Å². The standard InChI is InChI=1S/C32H48N4O6/c1-5-6-15-33(16-7-8-18-36(2,3)4)30(39)22-34-21-25(23-9-10-27-24(20-23)14-19-42-27)31(32(40)41)26(34)13-17-35-28(37)11-12-29(35)38/h9-12,20,25-26,31H,5-8,13-19,21-22H2,1-4H3,(H2-,37,38,40,41)/p+1/t25-,26+,31-/m1/s1. The monoisotopic (exact) mass is 585 g/mol. The summed E-state index contributed by atoms with van der Waals surface area (Å²) in [6.07, 6.45) is 5.03. The fourth-order valence-electron chi connectivity index (χ4n) is 6.44. The Morgan fingerprint density at radius 2 is 1.76 bits per heavy atom. The van der Waals surface area contributed by atoms with Crippen molar-refractivity contribution in [1.29, 1.82) is 0 Å². The van der Waals surface area contributed by atoms with Crippen molar-refractivity contribution in [2.75, 3.05) is 60.5 Å². The van der Waals surface area contributed by atoms with E-state index in [2.05, 4.69) is 34.1 Å². The lowest BCUT2D eigenvalue weighted by Gasteiger charge is -2.30. The Morgan fingerprint density at radius 1 is 1.05 bits per heavy atom. The van der Waals surface area contributed by atoms with Gasteiger partial charge in [0, 0.05) is 56.7 Å². The van der Waals surface area contributed by atoms with Crippen molar-refractivity contribution in [2.24, 2.45) is 5.92 Å². The van der Waals surface area contributed by atoms with Crippen LogP contribution in [-0.4, -0.2) is 113 Å². The van der Waals surface area contributed by atoms with E-state index < -0.39 is 17.9 Å². The number of rotatable bonds is 15. The summed E-state index contributed by atoms with van der Waals surface area (Å²) in [5.74, 6) is -1.22. The van der Waals surface area contributed by atoms with E-state index in [-0.39, 0.29) is 36.7 Å². The number of carbonyl (C=O) groups excluding carboxylic acids is 1. The van der Waals surface area contributed by atoms with Crippen LogP contribution in [0.1, 0.15) is 56.1 Å². The van der Waals surface area contributed by atoms with Crippen molar-refractivity contribution in [3.63, 3.8) is 0 Å². The maximum absolute atomic E-state index is 13.8. The Labute approximate surface area is 249 Å². The van der Waals surface area contributed by atoms with E-state index in [0.29, 0.717) is 32.7 Å². The third-order valence-corrected chi connectivity index (χ3v) is 8.74. The first-order valence-electron chi connectivity index (χ1n) is 15.4. The van der Waals surface area contributed by atoms with E-state index in [1.165, 1.54) is 16.7 Å². The highest BCUT2D eigenvalue weighted by Crippen LogP contribution is 2.41. The third-order valence-electron chi connectivity index (χ3n) is 8.74. The average molecular weight is 586 g/mol. The molecule has 0 unspecified atom stereocenters. The van der Waals surface area contributed by atoms with Crippen molar-refractivity contribution in [1.82, 2.24) is 14.4 Å². The molecule has 0 aliphatic carbocycles. The number of fused-ring (bicyclic) bond motifs is 1. The van der Waals surface area contributed by atoms with E-state index in [4.69, 9.17) is 4.74 Å². The molecule has 2 aromatic rings. The van der Waals surface area contributed by atoms with Crippen LogP contribution in [0.5, 0.6) is 17.5 Å². The highest BCUT2D eigenvalue weighted by atomic mass is 16.5. The second kappa shape index (κ2) is 13.8. The van der Waals surface area contributed by atoms with Gasteiger partial charge in [0.2, 0.25) is 5.91 Å². The molecule has 3 N–H and O–H groups in total. The van der Waals surface area contributed by atoms with E-state index >= 15 is 0 Å². The number of carboxylic acids is 1. The zero-order chi connectivity index (χ0) is 30.4. The lowest BCUT2D eigenvalue weighted by atomic mass is 9.83. The number of quaternary nitrogens is 1. The van der Waals surface area contributed by atoms with Gasteiger partial charge in [0.1, 0.15) is 5.75 Å². The van der Waals surface area contributed by atoms with Crippen LogP contribution in [-0.2, 0) is 22.6 Å². The molecule has 1 aromatic carbocycles. The van der Waals surface area contributed by atoms with Crippen molar-refractivity contribution >= 4 is 11.9 Å². The Morgan fingerprint density at radius 3 is 2.43 bits per heavy atom. The number of ether oxygens (including phenoxy) is 1. The van der Waals surface area contributed by atoms with Crippen molar-refractivity contribution in [2.45, 2.75) is 64.0 Å². The molecular weight excluding hydrogens is 536 g/mol. The minimum absolute atomic E-state index is 0.0255. The smallest absolute Gasteiger partial charge is 0.308 e. The van der Waals surface area contributed by atoms with Gasteiger partial charge in [0.05, 0.1) is 46.8 Å². The molecule has 10 heteroatoms. The summed E-state index contributed by atoms with van der Waals surface area (Å²) in [6, 6.07) is 8.33. The molecule has 42 heavy (non-hydrogen) atoms. The molecule has 2 aliphatic heterocycles. The lowest BCUT2D eigenvalue weighted by Crippen LogP contribution is -2.45. The molecule has 3 atom stereocenters. The van der Waals surface area contributed by atoms with Crippen LogP contribution in [0.2, 0.25) is 0 Å². The number of carbonyl (C=O) groups is 2. The maximum Gasteiger partial charge on any atom is 0.308 e. The molecule has 0 bridgehead atoms. The van der Waals surface area contributed by atoms with Gasteiger partial charge in [-0.05, 0) is 42.9 Å². The van der Waals surface area contributed by atoms with Crippen LogP contribution < -0.4 is 4.74 Å². The molecule has 1 fully saturated rings. The number of amides is 1. The molecule has 1 aromatic heterocycles. The summed E-state index contributed by atoms with van der Waals surface area (Å²) in [7, 11) is 6.51. The van der Waals surface area contributed by atoms with Gasteiger partial charge in [-0.25, -0.2) is 0 Å². The lowest BCUT2D eigenvalue weighted by molar-refractivity contribution is -0.870. The molecule has 0 radical (unpaired) electrons. The molecule has 1 amide bonds. The predicted octanol–water partition coefficient (Wildman–Crippen LogP) is 3.51. The molecule has 232 valence electrons. The topological polar surface area (TPSA) is 115 Å². The first kappa shape index (κ1) is 31.7. The molecule has 1 saturated heterocycles. The van der Waals surface area contributed by atoms with Gasteiger partial charge in [-0.15, -0.1) is 0 Å². The summed E-state index contributed by atoms with van der Waals surface area (Å²) in [4.78, 5) is 30.6. The SMILES string of the molecule is CCCCN(CCCC[N+](C)(C)C)C(=O)CN1C[C@H](c2ccc3c(c2)CCO3)[C@@H](C(=O)O)[C@@H]1CCn1c(O)ccc1O. The summed E-state index contributed by atoms with van der Waals surface area (Å²) in [5, 5.41) is 30.9. The van der Waals surface area contributed by atoms with Crippen LogP contribution in [0.3, 0.4) is 0 Å². The Kier molecular flexibility index (Phi) is 10.4. The fourth-order valence-corrected chi connectivity index (χ4v) is 6.44. The zero-order valence-electron chi connectivity index (χ0n) is 25.7. The first-order chi connectivity index (χ1) is 20.0. The van der Waals surface area contributed by atoms with Gasteiger partial charge in [-0.3, -0.25) is 19.1 Å². The highest BCUT2D eigenvalue weighted by Gasteiger charge is 2.47. The van der Waals surface area contributed by atoms with Crippen molar-refractivity contribution in [3.05, 3.63) is 41.5 Å². The number of aromatic nitrogens is 1. The number of benzene rings is 1. The molecule has 0 spiro atoms. The van der Waals surface area contributed by atoms with Crippen molar-refractivity contribution in [3.8, 4) is 17.5 Å². The Bertz CT molecular complexity index is 1200. The first-order valence-corrected chi connectivity index (χ1v) is 15.4. The largest absolute Gasteiger partial charge is 0.494 e. The van der Waals surface area contributed by atoms with Crippen LogP contribution in [0, 0.1) is 5.92 Å². The van der Waals surface area contributed by atoms with Gasteiger partial charge in [0.25, 0.3) is 0 Å². The average Bonchev–Trinajstić information content (AvgIpc) is 3.63. The maximum atomic E-state index is 13.8. The quantitative estimate of drug-likeness (QED) is 0.216. The number of aromatic hydroxyl groups is 2. The molecule has 10 nitrogen and oxygen atoms in total. The Hall–Kier alpha value is -3.24. The predicted molar refractivity (Wildman–Crippen MR) is 161 cm³/mol. The molecule has 4 rings (SSSR count). The van der Waals surface area contributed by atoms with Gasteiger partial charge < -0.3 is 29.4 Å². The van der Waals surface area contributed by atoms with Gasteiger partial charge in [-0.2, -0.15) is 0 Å². The summed E-state index contributed by atoms with van der Waals surface area (Å²) < 4.78 is 7.94. The van der Waals surface area contributed by atoms with Gasteiger partial charge in [-0.1, -0.05) is 25.5 Å². The number of likely N-dealkylation sites (tertiary alicyclic amines) is 1. The molecule has 0 saturated carbocycles. The molecule has 2 aliphatic rings. The number of aliphatic carboxylic acids is 1. The zero-order valence-corrected chi connectivity index (χ0v) is 25.7. The number of nitrogens with zero attached hydrogens (tertiary/aromatic N) is 4.